The van der Waals surface area contributed by atoms with Gasteiger partial charge in [0.2, 0.25) is 0 Å². The molecule has 0 fully saturated rings. The third kappa shape index (κ3) is 6.29. The van der Waals surface area contributed by atoms with Crippen LogP contribution < -0.4 is 0 Å². The van der Waals surface area contributed by atoms with Gasteiger partial charge in [0.05, 0.1) is 6.61 Å². The van der Waals surface area contributed by atoms with Crippen LogP contribution in [0.15, 0.2) is 70.9 Å². The maximum Gasteiger partial charge on any atom is 0.349 e. The third-order valence-corrected chi connectivity index (χ3v) is 5.12. The first-order chi connectivity index (χ1) is 14.1. The largest absolute Gasteiger partial charge is 0.461 e. The van der Waals surface area contributed by atoms with Gasteiger partial charge in [0, 0.05) is 11.1 Å². The van der Waals surface area contributed by atoms with Gasteiger partial charge in [-0.2, -0.15) is 5.26 Å². The number of rotatable bonds is 7. The van der Waals surface area contributed by atoms with E-state index in [1.807, 2.05) is 30.4 Å². The molecule has 2 aliphatic carbocycles. The number of ether oxygens (including phenoxy) is 1. The molecule has 1 unspecified atom stereocenters. The van der Waals surface area contributed by atoms with Crippen LogP contribution in [0.1, 0.15) is 52.4 Å². The quantitative estimate of drug-likeness (QED) is 0.328. The predicted molar refractivity (Wildman–Crippen MR) is 115 cm³/mol. The number of esters is 1. The van der Waals surface area contributed by atoms with Crippen molar-refractivity contribution in [3.63, 3.8) is 0 Å². The molecule has 0 aliphatic heterocycles. The lowest BCUT2D eigenvalue weighted by molar-refractivity contribution is -0.140. The molecule has 4 nitrogen and oxygen atoms in total. The summed E-state index contributed by atoms with van der Waals surface area (Å²) in [5.41, 5.74) is 1.42. The number of nitriles is 1. The second-order valence-electron chi connectivity index (χ2n) is 7.21. The Bertz CT molecular complexity index is 844. The van der Waals surface area contributed by atoms with Gasteiger partial charge in [-0.15, -0.1) is 0 Å². The van der Waals surface area contributed by atoms with E-state index in [9.17, 15) is 14.9 Å². The Morgan fingerprint density at radius 3 is 2.45 bits per heavy atom. The second kappa shape index (κ2) is 11.8. The van der Waals surface area contributed by atoms with E-state index in [0.717, 1.165) is 38.5 Å². The summed E-state index contributed by atoms with van der Waals surface area (Å²) < 4.78 is 5.49. The van der Waals surface area contributed by atoms with Crippen molar-refractivity contribution in [3.05, 3.63) is 70.9 Å². The van der Waals surface area contributed by atoms with E-state index >= 15 is 0 Å². The second-order valence-corrected chi connectivity index (χ2v) is 7.21. The minimum Gasteiger partial charge on any atom is -0.461 e. The molecule has 1 atom stereocenters. The number of fused-ring (bicyclic) bond motifs is 1. The van der Waals surface area contributed by atoms with Crippen molar-refractivity contribution in [2.75, 3.05) is 6.61 Å². The van der Waals surface area contributed by atoms with Gasteiger partial charge in [-0.3, -0.25) is 4.79 Å². The monoisotopic (exact) mass is 391 g/mol. The van der Waals surface area contributed by atoms with Crippen LogP contribution >= 0.6 is 0 Å². The summed E-state index contributed by atoms with van der Waals surface area (Å²) in [6.07, 6.45) is 20.1. The number of unbranched alkanes of at least 4 members (excludes halogenated alkanes) is 1. The van der Waals surface area contributed by atoms with E-state index in [2.05, 4.69) is 13.8 Å². The lowest BCUT2D eigenvalue weighted by Gasteiger charge is -2.18. The van der Waals surface area contributed by atoms with Crippen molar-refractivity contribution in [2.24, 2.45) is 5.92 Å². The van der Waals surface area contributed by atoms with E-state index in [4.69, 9.17) is 4.74 Å². The van der Waals surface area contributed by atoms with Crippen LogP contribution in [0.2, 0.25) is 0 Å². The predicted octanol–water partition coefficient (Wildman–Crippen LogP) is 5.46. The number of carbonyl (C=O) groups is 2. The Hall–Kier alpha value is -2.93. The zero-order valence-electron chi connectivity index (χ0n) is 17.3. The highest BCUT2D eigenvalue weighted by atomic mass is 16.5. The average molecular weight is 392 g/mol. The van der Waals surface area contributed by atoms with Crippen LogP contribution in [0.4, 0.5) is 0 Å². The lowest BCUT2D eigenvalue weighted by atomic mass is 9.85. The number of hydrogen-bond donors (Lipinski definition) is 0. The SMILES string of the molecule is CCCCC(CC)COC(=O)C(C#N)=C1C=CC(=O)/C2=C/C=C/CC/C=C/C=C/12. The van der Waals surface area contributed by atoms with Crippen LogP contribution in [0.3, 0.4) is 0 Å². The van der Waals surface area contributed by atoms with Crippen LogP contribution in [-0.2, 0) is 14.3 Å². The van der Waals surface area contributed by atoms with Crippen LogP contribution in [-0.4, -0.2) is 18.4 Å². The van der Waals surface area contributed by atoms with E-state index in [1.54, 1.807) is 18.2 Å². The molecule has 0 aromatic rings. The van der Waals surface area contributed by atoms with Gasteiger partial charge >= 0.3 is 5.97 Å². The highest BCUT2D eigenvalue weighted by molar-refractivity contribution is 6.12. The Morgan fingerprint density at radius 1 is 1.14 bits per heavy atom. The summed E-state index contributed by atoms with van der Waals surface area (Å²) in [5.74, 6) is -0.480. The highest BCUT2D eigenvalue weighted by Crippen LogP contribution is 2.30. The number of allylic oxidation sites excluding steroid dienone is 11. The molecule has 0 aromatic heterocycles. The zero-order valence-corrected chi connectivity index (χ0v) is 17.3. The molecule has 29 heavy (non-hydrogen) atoms. The maximum atomic E-state index is 12.7. The molecule has 2 rings (SSSR count). The normalized spacial score (nSPS) is 24.7. The summed E-state index contributed by atoms with van der Waals surface area (Å²) in [4.78, 5) is 25.1. The molecule has 0 spiro atoms. The third-order valence-electron chi connectivity index (χ3n) is 5.12. The molecule has 0 saturated carbocycles. The van der Waals surface area contributed by atoms with Gasteiger partial charge in [0.15, 0.2) is 5.78 Å². The Labute approximate surface area is 173 Å². The summed E-state index contributed by atoms with van der Waals surface area (Å²) in [5, 5.41) is 9.69. The van der Waals surface area contributed by atoms with Crippen molar-refractivity contribution in [1.29, 1.82) is 5.26 Å². The molecule has 0 radical (unpaired) electrons. The summed E-state index contributed by atoms with van der Waals surface area (Å²) in [6, 6.07) is 2.00. The van der Waals surface area contributed by atoms with E-state index in [0.29, 0.717) is 29.2 Å². The molecule has 2 aliphatic rings. The van der Waals surface area contributed by atoms with Crippen LogP contribution in [0.5, 0.6) is 0 Å². The first-order valence-electron chi connectivity index (χ1n) is 10.4. The number of ketones is 1. The Kier molecular flexibility index (Phi) is 9.11. The molecular weight excluding hydrogens is 362 g/mol. The van der Waals surface area contributed by atoms with Gasteiger partial charge in [-0.25, -0.2) is 4.79 Å². The Balaban J connectivity index is 2.35. The molecule has 0 heterocycles. The average Bonchev–Trinajstić information content (AvgIpc) is 2.74. The van der Waals surface area contributed by atoms with Crippen LogP contribution in [0, 0.1) is 17.2 Å². The standard InChI is InChI=1S/C25H29NO3/c1-3-5-12-19(4-2)18-29-25(28)23(17-26)21-15-16-24(27)22-14-11-9-7-6-8-10-13-20(21)22/h8-11,13-16,19H,3-7,12,18H2,1-2H3/b10-8+,11-9+,20-13-,22-14+,23-21?. The Morgan fingerprint density at radius 2 is 1.83 bits per heavy atom. The number of carbonyl (C=O) groups excluding carboxylic acids is 2. The fourth-order valence-electron chi connectivity index (χ4n) is 3.28. The fourth-order valence-corrected chi connectivity index (χ4v) is 3.28. The molecule has 4 heteroatoms. The van der Waals surface area contributed by atoms with Gasteiger partial charge in [-0.1, -0.05) is 69.6 Å². The maximum absolute atomic E-state index is 12.7. The van der Waals surface area contributed by atoms with Crippen molar-refractivity contribution < 1.29 is 14.3 Å². The van der Waals surface area contributed by atoms with E-state index in [1.165, 1.54) is 6.08 Å². The number of hydrogen-bond acceptors (Lipinski definition) is 4. The van der Waals surface area contributed by atoms with Gasteiger partial charge < -0.3 is 4.74 Å². The van der Waals surface area contributed by atoms with Crippen molar-refractivity contribution in [1.82, 2.24) is 0 Å². The first kappa shape index (κ1) is 22.4. The topological polar surface area (TPSA) is 67.2 Å². The lowest BCUT2D eigenvalue weighted by Crippen LogP contribution is -2.18. The summed E-state index contributed by atoms with van der Waals surface area (Å²) >= 11 is 0. The fraction of sp³-hybridized carbons (Fsp3) is 0.400. The zero-order chi connectivity index (χ0) is 21.1. The van der Waals surface area contributed by atoms with Gasteiger partial charge in [0.1, 0.15) is 11.6 Å². The molecule has 0 amide bonds. The van der Waals surface area contributed by atoms with E-state index in [-0.39, 0.29) is 11.4 Å². The molecule has 152 valence electrons. The number of nitrogens with zero attached hydrogens (tertiary/aromatic N) is 1. The summed E-state index contributed by atoms with van der Waals surface area (Å²) in [7, 11) is 0. The van der Waals surface area contributed by atoms with Crippen molar-refractivity contribution >= 4 is 11.8 Å². The summed E-state index contributed by atoms with van der Waals surface area (Å²) in [6.45, 7) is 4.52. The molecular formula is C25H29NO3. The van der Waals surface area contributed by atoms with Crippen molar-refractivity contribution in [3.8, 4) is 6.07 Å². The van der Waals surface area contributed by atoms with Crippen LogP contribution in [0.25, 0.3) is 0 Å². The highest BCUT2D eigenvalue weighted by Gasteiger charge is 2.26. The van der Waals surface area contributed by atoms with E-state index < -0.39 is 5.97 Å². The minimum absolute atomic E-state index is 0.0642. The van der Waals surface area contributed by atoms with Gasteiger partial charge in [0.25, 0.3) is 0 Å². The van der Waals surface area contributed by atoms with Crippen molar-refractivity contribution in [2.45, 2.75) is 52.4 Å². The minimum atomic E-state index is -0.631. The van der Waals surface area contributed by atoms with Gasteiger partial charge in [-0.05, 0) is 42.9 Å². The first-order valence-corrected chi connectivity index (χ1v) is 10.4. The molecule has 0 bridgehead atoms. The molecule has 0 aromatic carbocycles. The molecule has 0 saturated heterocycles. The smallest absolute Gasteiger partial charge is 0.349 e. The molecule has 0 N–H and O–H groups in total.